The molecule has 1 amide bonds. The van der Waals surface area contributed by atoms with Crippen LogP contribution in [0.25, 0.3) is 11.3 Å². The Labute approximate surface area is 195 Å². The molecule has 2 heterocycles. The number of hydrogen-bond acceptors (Lipinski definition) is 4. The van der Waals surface area contributed by atoms with Crippen molar-refractivity contribution in [3.8, 4) is 11.3 Å². The number of carbonyl (C=O) groups is 1. The van der Waals surface area contributed by atoms with E-state index in [0.717, 1.165) is 42.9 Å². The topological polar surface area (TPSA) is 49.6 Å². The van der Waals surface area contributed by atoms with Crippen molar-refractivity contribution in [3.63, 3.8) is 0 Å². The van der Waals surface area contributed by atoms with Crippen LogP contribution in [-0.2, 0) is 10.2 Å². The van der Waals surface area contributed by atoms with Crippen molar-refractivity contribution in [2.75, 3.05) is 31.1 Å². The van der Waals surface area contributed by atoms with E-state index < -0.39 is 5.41 Å². The molecule has 1 aliphatic heterocycles. The van der Waals surface area contributed by atoms with Crippen LogP contribution < -0.4 is 4.90 Å². The molecule has 1 aliphatic carbocycles. The van der Waals surface area contributed by atoms with Crippen molar-refractivity contribution in [1.82, 2.24) is 10.1 Å². The Balaban J connectivity index is 1.27. The van der Waals surface area contributed by atoms with Crippen LogP contribution in [0.2, 0.25) is 15.1 Å². The number of benzene rings is 2. The van der Waals surface area contributed by atoms with E-state index in [4.69, 9.17) is 39.3 Å². The van der Waals surface area contributed by atoms with Crippen molar-refractivity contribution in [1.29, 1.82) is 0 Å². The fourth-order valence-corrected chi connectivity index (χ4v) is 4.53. The van der Waals surface area contributed by atoms with Crippen LogP contribution in [0.3, 0.4) is 0 Å². The Bertz CT molecular complexity index is 1120. The van der Waals surface area contributed by atoms with Gasteiger partial charge in [-0.05, 0) is 55.3 Å². The van der Waals surface area contributed by atoms with Gasteiger partial charge in [-0.1, -0.05) is 40.0 Å². The van der Waals surface area contributed by atoms with Crippen LogP contribution in [0.4, 0.5) is 5.69 Å². The zero-order valence-electron chi connectivity index (χ0n) is 16.7. The molecule has 31 heavy (non-hydrogen) atoms. The van der Waals surface area contributed by atoms with Crippen molar-refractivity contribution in [2.24, 2.45) is 0 Å². The first-order valence-electron chi connectivity index (χ1n) is 10.2. The first kappa shape index (κ1) is 20.7. The molecular weight excluding hydrogens is 457 g/mol. The molecule has 0 atom stereocenters. The molecule has 0 N–H and O–H groups in total. The van der Waals surface area contributed by atoms with Crippen LogP contribution in [0.15, 0.2) is 53.1 Å². The highest BCUT2D eigenvalue weighted by Gasteiger charge is 2.55. The molecule has 0 unspecified atom stereocenters. The summed E-state index contributed by atoms with van der Waals surface area (Å²) in [5.41, 5.74) is 2.07. The molecule has 8 heteroatoms. The van der Waals surface area contributed by atoms with Crippen molar-refractivity contribution in [3.05, 3.63) is 69.3 Å². The zero-order chi connectivity index (χ0) is 21.6. The highest BCUT2D eigenvalue weighted by molar-refractivity contribution is 6.42. The molecule has 3 aromatic rings. The van der Waals surface area contributed by atoms with E-state index >= 15 is 0 Å². The number of hydrogen-bond donors (Lipinski definition) is 0. The summed E-state index contributed by atoms with van der Waals surface area (Å²) >= 11 is 18.1. The van der Waals surface area contributed by atoms with Crippen molar-refractivity contribution in [2.45, 2.75) is 18.3 Å². The molecule has 5 nitrogen and oxygen atoms in total. The molecule has 2 aromatic carbocycles. The number of amides is 1. The molecule has 1 saturated heterocycles. The quantitative estimate of drug-likeness (QED) is 0.486. The molecule has 2 fully saturated rings. The van der Waals surface area contributed by atoms with Gasteiger partial charge in [-0.25, -0.2) is 0 Å². The molecule has 2 aliphatic rings. The molecule has 0 bridgehead atoms. The van der Waals surface area contributed by atoms with Crippen LogP contribution in [-0.4, -0.2) is 42.1 Å². The van der Waals surface area contributed by atoms with E-state index in [9.17, 15) is 4.79 Å². The normalized spacial score (nSPS) is 17.6. The van der Waals surface area contributed by atoms with Gasteiger partial charge in [-0.3, -0.25) is 4.79 Å². The highest BCUT2D eigenvalue weighted by atomic mass is 35.5. The fourth-order valence-electron chi connectivity index (χ4n) is 4.11. The summed E-state index contributed by atoms with van der Waals surface area (Å²) in [6.45, 7) is 2.80. The Kier molecular flexibility index (Phi) is 5.37. The molecule has 160 valence electrons. The van der Waals surface area contributed by atoms with E-state index in [1.54, 1.807) is 6.07 Å². The Morgan fingerprint density at radius 2 is 1.61 bits per heavy atom. The Hall–Kier alpha value is -2.21. The highest BCUT2D eigenvalue weighted by Crippen LogP contribution is 2.50. The first-order valence-corrected chi connectivity index (χ1v) is 11.3. The molecule has 1 saturated carbocycles. The largest absolute Gasteiger partial charge is 0.368 e. The maximum atomic E-state index is 13.4. The minimum absolute atomic E-state index is 0.136. The molecule has 0 spiro atoms. The number of halogens is 3. The lowest BCUT2D eigenvalue weighted by Crippen LogP contribution is -2.51. The van der Waals surface area contributed by atoms with Gasteiger partial charge in [0.15, 0.2) is 5.76 Å². The van der Waals surface area contributed by atoms with Gasteiger partial charge in [-0.2, -0.15) is 0 Å². The van der Waals surface area contributed by atoms with E-state index in [0.29, 0.717) is 33.9 Å². The summed E-state index contributed by atoms with van der Waals surface area (Å²) in [6, 6.07) is 14.9. The monoisotopic (exact) mass is 475 g/mol. The third-order valence-electron chi connectivity index (χ3n) is 6.12. The first-order chi connectivity index (χ1) is 15.0. The minimum atomic E-state index is -0.556. The van der Waals surface area contributed by atoms with Gasteiger partial charge in [-0.15, -0.1) is 0 Å². The average molecular weight is 477 g/mol. The SMILES string of the molecule is O=C(N1CCN(c2ccc(Cl)c(Cl)c2)CC1)C1(c2cc(-c3ccc(Cl)cc3)on2)CC1. The second-order valence-corrected chi connectivity index (χ2v) is 9.29. The number of rotatable bonds is 4. The maximum Gasteiger partial charge on any atom is 0.235 e. The predicted molar refractivity (Wildman–Crippen MR) is 123 cm³/mol. The van der Waals surface area contributed by atoms with E-state index in [1.807, 2.05) is 47.4 Å². The van der Waals surface area contributed by atoms with Gasteiger partial charge in [0, 0.05) is 48.5 Å². The fraction of sp³-hybridized carbons (Fsp3) is 0.304. The molecule has 5 rings (SSSR count). The van der Waals surface area contributed by atoms with Gasteiger partial charge >= 0.3 is 0 Å². The van der Waals surface area contributed by atoms with Gasteiger partial charge in [0.25, 0.3) is 0 Å². The predicted octanol–water partition coefficient (Wildman–Crippen LogP) is 5.68. The van der Waals surface area contributed by atoms with Crippen LogP contribution in [0.1, 0.15) is 18.5 Å². The Morgan fingerprint density at radius 3 is 2.26 bits per heavy atom. The van der Waals surface area contributed by atoms with E-state index in [2.05, 4.69) is 10.1 Å². The summed E-state index contributed by atoms with van der Waals surface area (Å²) in [5.74, 6) is 0.785. The Morgan fingerprint density at radius 1 is 0.903 bits per heavy atom. The number of piperazine rings is 1. The van der Waals surface area contributed by atoms with Crippen LogP contribution >= 0.6 is 34.8 Å². The minimum Gasteiger partial charge on any atom is -0.368 e. The van der Waals surface area contributed by atoms with Crippen LogP contribution in [0, 0.1) is 0 Å². The second-order valence-electron chi connectivity index (χ2n) is 8.04. The lowest BCUT2D eigenvalue weighted by Gasteiger charge is -2.37. The average Bonchev–Trinajstić information content (AvgIpc) is 3.45. The standard InChI is InChI=1S/C23H20Cl3N3O2/c24-16-3-1-15(2-4-16)20-14-21(27-31-20)23(7-8-23)22(30)29-11-9-28(10-12-29)17-5-6-18(25)19(26)13-17/h1-6,13-14H,7-12H2. The summed E-state index contributed by atoms with van der Waals surface area (Å²) in [6.07, 6.45) is 1.59. The second kappa shape index (κ2) is 8.05. The van der Waals surface area contributed by atoms with Crippen molar-refractivity contribution < 1.29 is 9.32 Å². The van der Waals surface area contributed by atoms with Gasteiger partial charge in [0.1, 0.15) is 0 Å². The maximum absolute atomic E-state index is 13.4. The smallest absolute Gasteiger partial charge is 0.235 e. The van der Waals surface area contributed by atoms with Gasteiger partial charge < -0.3 is 14.3 Å². The number of carbonyl (C=O) groups excluding carboxylic acids is 1. The van der Waals surface area contributed by atoms with Crippen LogP contribution in [0.5, 0.6) is 0 Å². The summed E-state index contributed by atoms with van der Waals surface area (Å²) < 4.78 is 5.55. The summed E-state index contributed by atoms with van der Waals surface area (Å²) in [4.78, 5) is 17.5. The van der Waals surface area contributed by atoms with Gasteiger partial charge in [0.2, 0.25) is 5.91 Å². The van der Waals surface area contributed by atoms with Gasteiger partial charge in [0.05, 0.1) is 21.2 Å². The number of aromatic nitrogens is 1. The van der Waals surface area contributed by atoms with E-state index in [1.165, 1.54) is 0 Å². The van der Waals surface area contributed by atoms with Crippen molar-refractivity contribution >= 4 is 46.4 Å². The molecule has 1 aromatic heterocycles. The summed E-state index contributed by atoms with van der Waals surface area (Å²) in [5, 5.41) is 6.00. The van der Waals surface area contributed by atoms with E-state index in [-0.39, 0.29) is 5.91 Å². The third-order valence-corrected chi connectivity index (χ3v) is 7.11. The number of anilines is 1. The lowest BCUT2D eigenvalue weighted by molar-refractivity contribution is -0.134. The number of nitrogens with zero attached hydrogens (tertiary/aromatic N) is 3. The molecular formula is C23H20Cl3N3O2. The molecule has 0 radical (unpaired) electrons. The third kappa shape index (κ3) is 3.91. The lowest BCUT2D eigenvalue weighted by atomic mass is 9.99. The summed E-state index contributed by atoms with van der Waals surface area (Å²) in [7, 11) is 0. The zero-order valence-corrected chi connectivity index (χ0v) is 18.9.